The number of halogens is 1. The van der Waals surface area contributed by atoms with E-state index in [-0.39, 0.29) is 36.1 Å². The fraction of sp³-hybridized carbons (Fsp3) is 0.263. The first kappa shape index (κ1) is 21.4. The number of carbonyl (C=O) groups is 2. The normalized spacial score (nSPS) is 10.7. The molecule has 9 nitrogen and oxygen atoms in total. The van der Waals surface area contributed by atoms with Crippen LogP contribution in [0.4, 0.5) is 14.3 Å². The first-order valence-electron chi connectivity index (χ1n) is 8.92. The van der Waals surface area contributed by atoms with Gasteiger partial charge in [0.25, 0.3) is 5.91 Å². The smallest absolute Gasteiger partial charge is 0.321 e. The Morgan fingerprint density at radius 1 is 1.37 bits per heavy atom. The summed E-state index contributed by atoms with van der Waals surface area (Å²) in [6.45, 7) is 1.56. The summed E-state index contributed by atoms with van der Waals surface area (Å²) in [6.07, 6.45) is 0. The molecular weight excluding hydrogens is 413 g/mol. The Morgan fingerprint density at radius 3 is 2.90 bits per heavy atom. The summed E-state index contributed by atoms with van der Waals surface area (Å²) in [5.41, 5.74) is 1.62. The molecule has 0 radical (unpaired) electrons. The van der Waals surface area contributed by atoms with E-state index in [2.05, 4.69) is 20.8 Å². The second kappa shape index (κ2) is 9.46. The zero-order valence-electron chi connectivity index (χ0n) is 16.3. The fourth-order valence-electron chi connectivity index (χ4n) is 2.71. The van der Waals surface area contributed by atoms with E-state index in [0.29, 0.717) is 22.1 Å². The monoisotopic (exact) mass is 433 g/mol. The highest BCUT2D eigenvalue weighted by atomic mass is 32.1. The highest BCUT2D eigenvalue weighted by Gasteiger charge is 2.23. The maximum atomic E-state index is 13.2. The number of aliphatic hydroxyl groups excluding tert-OH is 1. The van der Waals surface area contributed by atoms with Gasteiger partial charge < -0.3 is 19.8 Å². The minimum Gasteiger partial charge on any atom is -0.390 e. The molecule has 0 unspecified atom stereocenters. The maximum absolute atomic E-state index is 13.2. The maximum Gasteiger partial charge on any atom is 0.321 e. The number of rotatable bonds is 7. The van der Waals surface area contributed by atoms with Crippen LogP contribution in [0.2, 0.25) is 0 Å². The van der Waals surface area contributed by atoms with Crippen molar-refractivity contribution >= 4 is 28.4 Å². The van der Waals surface area contributed by atoms with Crippen LogP contribution in [-0.2, 0) is 19.7 Å². The zero-order chi connectivity index (χ0) is 21.7. The topological polar surface area (TPSA) is 121 Å². The Morgan fingerprint density at radius 2 is 2.17 bits per heavy atom. The number of carbonyl (C=O) groups excluding carboxylic acids is 2. The van der Waals surface area contributed by atoms with Crippen molar-refractivity contribution in [3.63, 3.8) is 0 Å². The molecule has 0 saturated carbocycles. The molecule has 11 heteroatoms. The van der Waals surface area contributed by atoms with E-state index < -0.39 is 12.6 Å². The fourth-order valence-corrected chi connectivity index (χ4v) is 3.41. The molecule has 3 N–H and O–H groups in total. The zero-order valence-corrected chi connectivity index (χ0v) is 17.1. The summed E-state index contributed by atoms with van der Waals surface area (Å²) in [5, 5.41) is 20.3. The highest BCUT2D eigenvalue weighted by molar-refractivity contribution is 7.13. The third-order valence-corrected chi connectivity index (χ3v) is 4.96. The van der Waals surface area contributed by atoms with Crippen LogP contribution in [0.5, 0.6) is 0 Å². The van der Waals surface area contributed by atoms with Crippen molar-refractivity contribution in [2.45, 2.75) is 26.6 Å². The number of aryl methyl sites for hydroxylation is 1. The van der Waals surface area contributed by atoms with Crippen LogP contribution in [-0.4, -0.2) is 39.1 Å². The van der Waals surface area contributed by atoms with Gasteiger partial charge in [0.15, 0.2) is 5.13 Å². The van der Waals surface area contributed by atoms with E-state index >= 15 is 0 Å². The molecule has 0 atom stereocenters. The van der Waals surface area contributed by atoms with Gasteiger partial charge in [-0.1, -0.05) is 17.3 Å². The molecule has 0 aliphatic carbocycles. The van der Waals surface area contributed by atoms with Gasteiger partial charge in [0.1, 0.15) is 22.8 Å². The standard InChI is InChI=1S/C19H20FN5O4S/c1-11-16(15(9-26)24-29-11)17(27)25(2)8-14-10-30-19(22-14)23-18(28)21-7-12-4-3-5-13(20)6-12/h3-6,10,26H,7-9H2,1-2H3,(H2,21,22,23,28). The predicted octanol–water partition coefficient (Wildman–Crippen LogP) is 2.66. The van der Waals surface area contributed by atoms with Crippen LogP contribution in [0.3, 0.4) is 0 Å². The average Bonchev–Trinajstić information content (AvgIpc) is 3.31. The van der Waals surface area contributed by atoms with Crippen molar-refractivity contribution < 1.29 is 23.6 Å². The highest BCUT2D eigenvalue weighted by Crippen LogP contribution is 2.19. The summed E-state index contributed by atoms with van der Waals surface area (Å²) in [4.78, 5) is 30.4. The minimum atomic E-state index is -0.475. The molecule has 1 aromatic carbocycles. The number of benzene rings is 1. The number of hydrogen-bond acceptors (Lipinski definition) is 7. The number of nitrogens with zero attached hydrogens (tertiary/aromatic N) is 3. The molecule has 30 heavy (non-hydrogen) atoms. The largest absolute Gasteiger partial charge is 0.390 e. The Labute approximate surface area is 175 Å². The van der Waals surface area contributed by atoms with Crippen LogP contribution in [0, 0.1) is 12.7 Å². The van der Waals surface area contributed by atoms with Gasteiger partial charge in [0, 0.05) is 19.0 Å². The third-order valence-electron chi connectivity index (χ3n) is 4.16. The third kappa shape index (κ3) is 5.19. The van der Waals surface area contributed by atoms with Crippen molar-refractivity contribution in [3.05, 3.63) is 63.7 Å². The summed E-state index contributed by atoms with van der Waals surface area (Å²) in [5.74, 6) is -0.398. The number of urea groups is 1. The van der Waals surface area contributed by atoms with Crippen molar-refractivity contribution in [1.82, 2.24) is 20.4 Å². The quantitative estimate of drug-likeness (QED) is 0.527. The van der Waals surface area contributed by atoms with Crippen molar-refractivity contribution in [2.24, 2.45) is 0 Å². The van der Waals surface area contributed by atoms with Gasteiger partial charge in [0.2, 0.25) is 0 Å². The minimum absolute atomic E-state index is 0.171. The van der Waals surface area contributed by atoms with Crippen LogP contribution in [0.15, 0.2) is 34.2 Å². The Bertz CT molecular complexity index is 1050. The lowest BCUT2D eigenvalue weighted by molar-refractivity contribution is 0.0779. The number of aromatic nitrogens is 2. The van der Waals surface area contributed by atoms with E-state index in [9.17, 15) is 19.1 Å². The van der Waals surface area contributed by atoms with E-state index in [1.165, 1.54) is 28.4 Å². The summed E-state index contributed by atoms with van der Waals surface area (Å²) in [7, 11) is 1.59. The molecule has 3 rings (SSSR count). The molecule has 0 aliphatic rings. The SMILES string of the molecule is Cc1onc(CO)c1C(=O)N(C)Cc1csc(NC(=O)NCc2cccc(F)c2)n1. The molecule has 3 amide bonds. The van der Waals surface area contributed by atoms with Crippen molar-refractivity contribution in [2.75, 3.05) is 12.4 Å². The molecule has 0 fully saturated rings. The Balaban J connectivity index is 1.54. The molecular formula is C19H20FN5O4S. The summed E-state index contributed by atoms with van der Waals surface area (Å²) in [6, 6.07) is 5.47. The molecule has 2 aromatic heterocycles. The first-order chi connectivity index (χ1) is 14.4. The molecule has 0 saturated heterocycles. The van der Waals surface area contributed by atoms with Gasteiger partial charge >= 0.3 is 6.03 Å². The van der Waals surface area contributed by atoms with Crippen LogP contribution in [0.1, 0.15) is 33.1 Å². The lowest BCUT2D eigenvalue weighted by atomic mass is 10.1. The lowest BCUT2D eigenvalue weighted by Crippen LogP contribution is -2.28. The van der Waals surface area contributed by atoms with Gasteiger partial charge in [0.05, 0.1) is 18.8 Å². The van der Waals surface area contributed by atoms with E-state index in [1.54, 1.807) is 31.5 Å². The van der Waals surface area contributed by atoms with E-state index in [1.807, 2.05) is 0 Å². The Kier molecular flexibility index (Phi) is 6.75. The average molecular weight is 433 g/mol. The second-order valence-corrected chi connectivity index (χ2v) is 7.32. The number of anilines is 1. The number of hydrogen-bond donors (Lipinski definition) is 3. The van der Waals surface area contributed by atoms with Gasteiger partial charge in [-0.25, -0.2) is 14.2 Å². The van der Waals surface area contributed by atoms with Gasteiger partial charge in [-0.05, 0) is 24.6 Å². The van der Waals surface area contributed by atoms with Crippen LogP contribution >= 0.6 is 11.3 Å². The van der Waals surface area contributed by atoms with Crippen molar-refractivity contribution in [3.8, 4) is 0 Å². The van der Waals surface area contributed by atoms with Crippen LogP contribution < -0.4 is 10.6 Å². The second-order valence-electron chi connectivity index (χ2n) is 6.46. The number of nitrogens with one attached hydrogen (secondary N) is 2. The molecule has 0 spiro atoms. The van der Waals surface area contributed by atoms with E-state index in [4.69, 9.17) is 4.52 Å². The molecule has 3 aromatic rings. The summed E-state index contributed by atoms with van der Waals surface area (Å²) < 4.78 is 18.1. The molecule has 2 heterocycles. The lowest BCUT2D eigenvalue weighted by Gasteiger charge is -2.15. The van der Waals surface area contributed by atoms with Crippen molar-refractivity contribution in [1.29, 1.82) is 0 Å². The number of aliphatic hydroxyl groups is 1. The van der Waals surface area contributed by atoms with Gasteiger partial charge in [-0.2, -0.15) is 0 Å². The molecule has 0 aliphatic heterocycles. The van der Waals surface area contributed by atoms with Crippen LogP contribution in [0.25, 0.3) is 0 Å². The van der Waals surface area contributed by atoms with Gasteiger partial charge in [-0.3, -0.25) is 10.1 Å². The van der Waals surface area contributed by atoms with Gasteiger partial charge in [-0.15, -0.1) is 11.3 Å². The molecule has 158 valence electrons. The number of thiazole rings is 1. The van der Waals surface area contributed by atoms with E-state index in [0.717, 1.165) is 0 Å². The summed E-state index contributed by atoms with van der Waals surface area (Å²) >= 11 is 1.21. The molecule has 0 bridgehead atoms. The first-order valence-corrected chi connectivity index (χ1v) is 9.80. The Hall–Kier alpha value is -3.31. The number of amides is 3. The predicted molar refractivity (Wildman–Crippen MR) is 107 cm³/mol.